The minimum Gasteiger partial charge on any atom is -0.495 e. The largest absolute Gasteiger partial charge is 0.495 e. The molecule has 10 heteroatoms. The number of ether oxygens (including phenoxy) is 4. The highest BCUT2D eigenvalue weighted by atomic mass is 16.6. The molecule has 0 bridgehead atoms. The van der Waals surface area contributed by atoms with Crippen molar-refractivity contribution >= 4 is 11.6 Å². The standard InChI is InChI=1S/C32H41N5O5/c1-5-20-10-8-14-31(20,34)19-41-28-23(17-33)25(39-3)16-22(24-18-36-26-12-7-13-27(40-4)37(24)26)29(28)42-30(38)32(35)15-9-11-21(32)6-2/h7,12-13,16,18,20-21H,5-6,8-11,14-15,19,34-35H2,1-4H3/t20-,21?,31+,32?/m1/s1. The number of methoxy groups -OCH3 is 2. The lowest BCUT2D eigenvalue weighted by atomic mass is 9.86. The number of nitriles is 1. The molecule has 0 amide bonds. The number of fused-ring (bicyclic) bond motifs is 1. The summed E-state index contributed by atoms with van der Waals surface area (Å²) in [5.74, 6) is 0.696. The minimum absolute atomic E-state index is 0.0153. The summed E-state index contributed by atoms with van der Waals surface area (Å²) in [5.41, 5.74) is 13.7. The van der Waals surface area contributed by atoms with Crippen LogP contribution in [0.2, 0.25) is 0 Å². The summed E-state index contributed by atoms with van der Waals surface area (Å²) in [6.07, 6.45) is 8.37. The number of aromatic nitrogens is 2. The maximum absolute atomic E-state index is 14.0. The lowest BCUT2D eigenvalue weighted by molar-refractivity contribution is -0.142. The predicted octanol–water partition coefficient (Wildman–Crippen LogP) is 4.99. The molecule has 0 spiro atoms. The second-order valence-corrected chi connectivity index (χ2v) is 11.6. The van der Waals surface area contributed by atoms with Crippen molar-refractivity contribution in [2.24, 2.45) is 23.3 Å². The van der Waals surface area contributed by atoms with Crippen LogP contribution in [0.15, 0.2) is 30.5 Å². The molecule has 5 rings (SSSR count). The first-order chi connectivity index (χ1) is 20.2. The fourth-order valence-corrected chi connectivity index (χ4v) is 6.97. The van der Waals surface area contributed by atoms with E-state index in [0.717, 1.165) is 44.9 Å². The summed E-state index contributed by atoms with van der Waals surface area (Å²) in [6.45, 7) is 4.31. The summed E-state index contributed by atoms with van der Waals surface area (Å²) >= 11 is 0. The van der Waals surface area contributed by atoms with Crippen LogP contribution in [0.3, 0.4) is 0 Å². The van der Waals surface area contributed by atoms with Crippen molar-refractivity contribution in [1.82, 2.24) is 9.38 Å². The normalized spacial score (nSPS) is 25.4. The molecule has 4 N–H and O–H groups in total. The van der Waals surface area contributed by atoms with Crippen LogP contribution in [0.25, 0.3) is 16.9 Å². The van der Waals surface area contributed by atoms with Crippen LogP contribution in [0.1, 0.15) is 70.8 Å². The van der Waals surface area contributed by atoms with Crippen LogP contribution in [0.4, 0.5) is 0 Å². The molecule has 42 heavy (non-hydrogen) atoms. The molecule has 2 aliphatic rings. The fraction of sp³-hybridized carbons (Fsp3) is 0.531. The molecule has 0 radical (unpaired) electrons. The molecule has 4 atom stereocenters. The van der Waals surface area contributed by atoms with Gasteiger partial charge >= 0.3 is 5.97 Å². The molecule has 3 aromatic rings. The molecular weight excluding hydrogens is 534 g/mol. The molecule has 0 aliphatic heterocycles. The first-order valence-corrected chi connectivity index (χ1v) is 14.8. The van der Waals surface area contributed by atoms with Gasteiger partial charge < -0.3 is 30.4 Å². The first kappa shape index (κ1) is 29.7. The zero-order valence-corrected chi connectivity index (χ0v) is 24.9. The Morgan fingerprint density at radius 3 is 2.52 bits per heavy atom. The SMILES string of the molecule is CCC1CCCC1(N)C(=O)Oc1c(-c2cnc3cccc(OC)n23)cc(OC)c(C#N)c1OC[C@@]1(N)CCC[C@H]1CC. The van der Waals surface area contributed by atoms with Crippen molar-refractivity contribution in [2.45, 2.75) is 76.3 Å². The number of hydrogen-bond donors (Lipinski definition) is 2. The number of benzene rings is 1. The smallest absolute Gasteiger partial charge is 0.331 e. The van der Waals surface area contributed by atoms with Crippen LogP contribution in [0.5, 0.6) is 23.1 Å². The lowest BCUT2D eigenvalue weighted by Gasteiger charge is -2.32. The average Bonchev–Trinajstić information content (AvgIpc) is 3.72. The Hall–Kier alpha value is -3.81. The van der Waals surface area contributed by atoms with Gasteiger partial charge in [0.2, 0.25) is 0 Å². The Kier molecular flexibility index (Phi) is 8.35. The van der Waals surface area contributed by atoms with Gasteiger partial charge in [-0.15, -0.1) is 0 Å². The molecule has 1 aromatic carbocycles. The van der Waals surface area contributed by atoms with Gasteiger partial charge in [-0.1, -0.05) is 45.6 Å². The number of carbonyl (C=O) groups is 1. The van der Waals surface area contributed by atoms with Gasteiger partial charge in [-0.05, 0) is 55.7 Å². The maximum atomic E-state index is 14.0. The van der Waals surface area contributed by atoms with E-state index in [-0.39, 0.29) is 41.3 Å². The number of imidazole rings is 1. The highest BCUT2D eigenvalue weighted by Crippen LogP contribution is 2.48. The van der Waals surface area contributed by atoms with Gasteiger partial charge in [0.05, 0.1) is 37.2 Å². The van der Waals surface area contributed by atoms with Crippen molar-refractivity contribution in [3.63, 3.8) is 0 Å². The number of nitrogens with two attached hydrogens (primary N) is 2. The molecular formula is C32H41N5O5. The molecule has 0 saturated heterocycles. The Labute approximate surface area is 246 Å². The van der Waals surface area contributed by atoms with E-state index in [0.29, 0.717) is 29.2 Å². The Bertz CT molecular complexity index is 1510. The van der Waals surface area contributed by atoms with Gasteiger partial charge in [0.15, 0.2) is 17.4 Å². The van der Waals surface area contributed by atoms with E-state index in [2.05, 4.69) is 18.0 Å². The highest BCUT2D eigenvalue weighted by Gasteiger charge is 2.47. The summed E-state index contributed by atoms with van der Waals surface area (Å²) in [4.78, 5) is 18.5. The number of hydrogen-bond acceptors (Lipinski definition) is 9. The van der Waals surface area contributed by atoms with Gasteiger partial charge in [-0.25, -0.2) is 9.78 Å². The minimum atomic E-state index is -1.15. The van der Waals surface area contributed by atoms with E-state index in [1.54, 1.807) is 23.8 Å². The average molecular weight is 576 g/mol. The molecule has 2 saturated carbocycles. The van der Waals surface area contributed by atoms with E-state index >= 15 is 0 Å². The summed E-state index contributed by atoms with van der Waals surface area (Å²) < 4.78 is 25.9. The third kappa shape index (κ3) is 4.95. The summed E-state index contributed by atoms with van der Waals surface area (Å²) in [7, 11) is 3.06. The second kappa shape index (κ2) is 11.8. The van der Waals surface area contributed by atoms with Crippen molar-refractivity contribution in [3.8, 4) is 40.5 Å². The number of esters is 1. The molecule has 2 aliphatic carbocycles. The number of rotatable bonds is 10. The first-order valence-electron chi connectivity index (χ1n) is 14.8. The topological polar surface area (TPSA) is 147 Å². The maximum Gasteiger partial charge on any atom is 0.331 e. The highest BCUT2D eigenvalue weighted by molar-refractivity contribution is 5.88. The predicted molar refractivity (Wildman–Crippen MR) is 159 cm³/mol. The third-order valence-corrected chi connectivity index (χ3v) is 9.44. The van der Waals surface area contributed by atoms with Crippen molar-refractivity contribution in [2.75, 3.05) is 20.8 Å². The van der Waals surface area contributed by atoms with Gasteiger partial charge in [-0.3, -0.25) is 4.40 Å². The van der Waals surface area contributed by atoms with Crippen LogP contribution < -0.4 is 30.4 Å². The number of nitrogens with zero attached hydrogens (tertiary/aromatic N) is 3. The second-order valence-electron chi connectivity index (χ2n) is 11.6. The van der Waals surface area contributed by atoms with E-state index in [9.17, 15) is 10.1 Å². The molecule has 2 aromatic heterocycles. The van der Waals surface area contributed by atoms with E-state index in [1.807, 2.05) is 25.1 Å². The van der Waals surface area contributed by atoms with Gasteiger partial charge in [0, 0.05) is 0 Å². The fourth-order valence-electron chi connectivity index (χ4n) is 6.97. The molecule has 10 nitrogen and oxygen atoms in total. The molecule has 2 fully saturated rings. The molecule has 2 unspecified atom stereocenters. The van der Waals surface area contributed by atoms with Gasteiger partial charge in [0.25, 0.3) is 0 Å². The van der Waals surface area contributed by atoms with Crippen LogP contribution in [0, 0.1) is 23.2 Å². The van der Waals surface area contributed by atoms with Crippen LogP contribution >= 0.6 is 0 Å². The quantitative estimate of drug-likeness (QED) is 0.252. The number of pyridine rings is 1. The number of carbonyl (C=O) groups excluding carboxylic acids is 1. The zero-order valence-electron chi connectivity index (χ0n) is 24.9. The van der Waals surface area contributed by atoms with Crippen LogP contribution in [-0.2, 0) is 4.79 Å². The summed E-state index contributed by atoms with van der Waals surface area (Å²) in [6, 6.07) is 9.38. The monoisotopic (exact) mass is 575 g/mol. The Balaban J connectivity index is 1.71. The van der Waals surface area contributed by atoms with Crippen LogP contribution in [-0.4, -0.2) is 47.3 Å². The molecule has 2 heterocycles. The molecule has 224 valence electrons. The zero-order chi connectivity index (χ0) is 30.1. The Morgan fingerprint density at radius 1 is 1.10 bits per heavy atom. The van der Waals surface area contributed by atoms with Gasteiger partial charge in [-0.2, -0.15) is 5.26 Å². The van der Waals surface area contributed by atoms with E-state index < -0.39 is 17.0 Å². The van der Waals surface area contributed by atoms with Crippen molar-refractivity contribution in [1.29, 1.82) is 5.26 Å². The van der Waals surface area contributed by atoms with Crippen molar-refractivity contribution < 1.29 is 23.7 Å². The van der Waals surface area contributed by atoms with E-state index in [1.165, 1.54) is 7.11 Å². The van der Waals surface area contributed by atoms with Crippen molar-refractivity contribution in [3.05, 3.63) is 36.0 Å². The Morgan fingerprint density at radius 2 is 1.83 bits per heavy atom. The van der Waals surface area contributed by atoms with Gasteiger partial charge in [0.1, 0.15) is 35.2 Å². The lowest BCUT2D eigenvalue weighted by Crippen LogP contribution is -2.53. The third-order valence-electron chi connectivity index (χ3n) is 9.44. The van der Waals surface area contributed by atoms with E-state index in [4.69, 9.17) is 30.4 Å². The summed E-state index contributed by atoms with van der Waals surface area (Å²) in [5, 5.41) is 10.3.